The maximum Gasteiger partial charge on any atom is 0.119 e. The van der Waals surface area contributed by atoms with Gasteiger partial charge in [0.05, 0.1) is 0 Å². The van der Waals surface area contributed by atoms with E-state index in [1.165, 1.54) is 0 Å². The number of benzene rings is 1. The number of ether oxygens (including phenoxy) is 1. The molecule has 0 N–H and O–H groups in total. The van der Waals surface area contributed by atoms with Gasteiger partial charge in [-0.25, -0.2) is 0 Å². The van der Waals surface area contributed by atoms with E-state index >= 15 is 0 Å². The maximum atomic E-state index is 5.36. The van der Waals surface area contributed by atoms with Crippen molar-refractivity contribution < 1.29 is 4.74 Å². The Morgan fingerprint density at radius 3 is 2.64 bits per heavy atom. The summed E-state index contributed by atoms with van der Waals surface area (Å²) in [6, 6.07) is 9.80. The molecule has 0 heterocycles. The smallest absolute Gasteiger partial charge is 0.119 e. The first kappa shape index (κ1) is 7.86. The van der Waals surface area contributed by atoms with Crippen LogP contribution in [0.25, 0.3) is 0 Å². The fourth-order valence-corrected chi connectivity index (χ4v) is 0.757. The van der Waals surface area contributed by atoms with Crippen molar-refractivity contribution in [3.8, 4) is 5.75 Å². The van der Waals surface area contributed by atoms with Crippen molar-refractivity contribution in [2.45, 2.75) is 6.92 Å². The highest BCUT2D eigenvalue weighted by molar-refractivity contribution is 5.21. The summed E-state index contributed by atoms with van der Waals surface area (Å²) >= 11 is 0. The van der Waals surface area contributed by atoms with E-state index in [0.29, 0.717) is 6.61 Å². The molecule has 0 saturated heterocycles. The minimum Gasteiger partial charge on any atom is -0.490 e. The zero-order chi connectivity index (χ0) is 7.94. The fraction of sp³-hybridized carbons (Fsp3) is 0.200. The van der Waals surface area contributed by atoms with E-state index in [9.17, 15) is 0 Å². The molecule has 0 spiro atoms. The van der Waals surface area contributed by atoms with E-state index in [0.717, 1.165) is 5.75 Å². The molecule has 0 saturated carbocycles. The predicted molar refractivity (Wildman–Crippen MR) is 46.8 cm³/mol. The van der Waals surface area contributed by atoms with Crippen molar-refractivity contribution >= 4 is 0 Å². The molecule has 0 aliphatic heterocycles. The summed E-state index contributed by atoms with van der Waals surface area (Å²) in [5.74, 6) is 0.922. The van der Waals surface area contributed by atoms with Crippen LogP contribution in [0.3, 0.4) is 0 Å². The summed E-state index contributed by atoms with van der Waals surface area (Å²) < 4.78 is 5.36. The lowest BCUT2D eigenvalue weighted by Crippen LogP contribution is -1.91. The van der Waals surface area contributed by atoms with Crippen LogP contribution in [0.1, 0.15) is 6.92 Å². The molecule has 0 radical (unpaired) electrons. The molecule has 1 nitrogen and oxygen atoms in total. The molecule has 0 bridgehead atoms. The van der Waals surface area contributed by atoms with Crippen LogP contribution in [0.5, 0.6) is 5.75 Å². The monoisotopic (exact) mass is 148 g/mol. The summed E-state index contributed by atoms with van der Waals surface area (Å²) in [6.45, 7) is 2.63. The summed E-state index contributed by atoms with van der Waals surface area (Å²) in [7, 11) is 0. The van der Waals surface area contributed by atoms with Gasteiger partial charge in [-0.2, -0.15) is 0 Å². The molecular weight excluding hydrogens is 136 g/mol. The number of para-hydroxylation sites is 1. The van der Waals surface area contributed by atoms with Crippen LogP contribution in [0.2, 0.25) is 0 Å². The highest BCUT2D eigenvalue weighted by Crippen LogP contribution is 2.07. The first-order valence-electron chi connectivity index (χ1n) is 3.72. The molecule has 0 aromatic heterocycles. The fourth-order valence-electron chi connectivity index (χ4n) is 0.757. The van der Waals surface area contributed by atoms with Gasteiger partial charge >= 0.3 is 0 Å². The number of allylic oxidation sites excluding steroid dienone is 1. The molecule has 11 heavy (non-hydrogen) atoms. The molecule has 0 fully saturated rings. The molecule has 1 aromatic carbocycles. The lowest BCUT2D eigenvalue weighted by atomic mass is 10.3. The SMILES string of the molecule is C/C=C\COc1ccccc1. The zero-order valence-electron chi connectivity index (χ0n) is 6.66. The topological polar surface area (TPSA) is 9.23 Å². The summed E-state index contributed by atoms with van der Waals surface area (Å²) in [5, 5.41) is 0. The summed E-state index contributed by atoms with van der Waals surface area (Å²) in [5.41, 5.74) is 0. The summed E-state index contributed by atoms with van der Waals surface area (Å²) in [6.07, 6.45) is 3.95. The van der Waals surface area contributed by atoms with Crippen LogP contribution in [-0.2, 0) is 0 Å². The van der Waals surface area contributed by atoms with Gasteiger partial charge in [-0.05, 0) is 19.1 Å². The van der Waals surface area contributed by atoms with Crippen molar-refractivity contribution in [2.24, 2.45) is 0 Å². The van der Waals surface area contributed by atoms with E-state index in [-0.39, 0.29) is 0 Å². The number of rotatable bonds is 3. The van der Waals surface area contributed by atoms with Gasteiger partial charge in [-0.3, -0.25) is 0 Å². The van der Waals surface area contributed by atoms with Gasteiger partial charge in [-0.1, -0.05) is 30.4 Å². The van der Waals surface area contributed by atoms with Crippen LogP contribution in [0, 0.1) is 0 Å². The van der Waals surface area contributed by atoms with Gasteiger partial charge < -0.3 is 4.74 Å². The highest BCUT2D eigenvalue weighted by Gasteiger charge is 1.85. The summed E-state index contributed by atoms with van der Waals surface area (Å²) in [4.78, 5) is 0. The van der Waals surface area contributed by atoms with E-state index in [2.05, 4.69) is 0 Å². The van der Waals surface area contributed by atoms with E-state index in [4.69, 9.17) is 4.74 Å². The highest BCUT2D eigenvalue weighted by atomic mass is 16.5. The molecule has 1 aromatic rings. The maximum absolute atomic E-state index is 5.36. The first-order valence-corrected chi connectivity index (χ1v) is 3.72. The normalized spacial score (nSPS) is 10.3. The Labute approximate surface area is 67.3 Å². The molecule has 1 rings (SSSR count). The van der Waals surface area contributed by atoms with Gasteiger partial charge in [-0.15, -0.1) is 0 Å². The second kappa shape index (κ2) is 4.56. The standard InChI is InChI=1S/C10H12O/c1-2-3-9-11-10-7-5-4-6-8-10/h2-8H,9H2,1H3/b3-2-. The minimum absolute atomic E-state index is 0.653. The first-order chi connectivity index (χ1) is 5.43. The van der Waals surface area contributed by atoms with E-state index < -0.39 is 0 Å². The van der Waals surface area contributed by atoms with Crippen molar-refractivity contribution in [3.63, 3.8) is 0 Å². The Kier molecular flexibility index (Phi) is 3.26. The van der Waals surface area contributed by atoms with Crippen LogP contribution >= 0.6 is 0 Å². The molecule has 0 atom stereocenters. The second-order valence-electron chi connectivity index (χ2n) is 2.19. The van der Waals surface area contributed by atoms with Crippen molar-refractivity contribution in [2.75, 3.05) is 6.61 Å². The Balaban J connectivity index is 2.39. The second-order valence-corrected chi connectivity index (χ2v) is 2.19. The predicted octanol–water partition coefficient (Wildman–Crippen LogP) is 2.64. The minimum atomic E-state index is 0.653. The molecule has 58 valence electrons. The van der Waals surface area contributed by atoms with Crippen LogP contribution < -0.4 is 4.74 Å². The number of hydrogen-bond donors (Lipinski definition) is 0. The Bertz CT molecular complexity index is 214. The molecule has 0 aliphatic carbocycles. The van der Waals surface area contributed by atoms with Gasteiger partial charge in [0.15, 0.2) is 0 Å². The largest absolute Gasteiger partial charge is 0.490 e. The Hall–Kier alpha value is -1.24. The van der Waals surface area contributed by atoms with Gasteiger partial charge in [0.25, 0.3) is 0 Å². The molecule has 0 aliphatic rings. The Morgan fingerprint density at radius 2 is 2.00 bits per heavy atom. The third-order valence-corrected chi connectivity index (χ3v) is 1.33. The van der Waals surface area contributed by atoms with Gasteiger partial charge in [0, 0.05) is 0 Å². The number of hydrogen-bond acceptors (Lipinski definition) is 1. The lowest BCUT2D eigenvalue weighted by Gasteiger charge is -2.00. The van der Waals surface area contributed by atoms with Crippen LogP contribution in [0.4, 0.5) is 0 Å². The quantitative estimate of drug-likeness (QED) is 0.599. The van der Waals surface area contributed by atoms with Gasteiger partial charge in [0.1, 0.15) is 12.4 Å². The zero-order valence-corrected chi connectivity index (χ0v) is 6.66. The third-order valence-electron chi connectivity index (χ3n) is 1.33. The molecule has 1 heteroatoms. The van der Waals surface area contributed by atoms with Crippen LogP contribution in [0.15, 0.2) is 42.5 Å². The Morgan fingerprint density at radius 1 is 1.27 bits per heavy atom. The lowest BCUT2D eigenvalue weighted by molar-refractivity contribution is 0.363. The van der Waals surface area contributed by atoms with Crippen molar-refractivity contribution in [1.82, 2.24) is 0 Å². The molecular formula is C10H12O. The molecule has 0 amide bonds. The van der Waals surface area contributed by atoms with E-state index in [1.807, 2.05) is 49.4 Å². The van der Waals surface area contributed by atoms with Gasteiger partial charge in [0.2, 0.25) is 0 Å². The van der Waals surface area contributed by atoms with Crippen molar-refractivity contribution in [1.29, 1.82) is 0 Å². The van der Waals surface area contributed by atoms with Crippen molar-refractivity contribution in [3.05, 3.63) is 42.5 Å². The van der Waals surface area contributed by atoms with E-state index in [1.54, 1.807) is 0 Å². The third kappa shape index (κ3) is 2.89. The molecule has 0 unspecified atom stereocenters. The average Bonchev–Trinajstić information content (AvgIpc) is 2.07. The van der Waals surface area contributed by atoms with Crippen LogP contribution in [-0.4, -0.2) is 6.61 Å². The average molecular weight is 148 g/mol.